The van der Waals surface area contributed by atoms with Gasteiger partial charge in [-0.25, -0.2) is 4.98 Å². The largest absolute Gasteiger partial charge is 0.496 e. The molecule has 1 aliphatic rings. The summed E-state index contributed by atoms with van der Waals surface area (Å²) in [6, 6.07) is 3.88. The van der Waals surface area contributed by atoms with Gasteiger partial charge in [-0.3, -0.25) is 0 Å². The number of aromatic nitrogens is 1. The normalized spacial score (nSPS) is 18.7. The number of rotatable bonds is 6. The first kappa shape index (κ1) is 17.8. The zero-order valence-electron chi connectivity index (χ0n) is 14.7. The number of hydrogen-bond acceptors (Lipinski definition) is 5. The highest BCUT2D eigenvalue weighted by atomic mass is 16.7. The number of pyridine rings is 1. The standard InChI is InChI=1S/C17H25BN2O3/c1-6-7-8-9-21-15-13(11-19)10-14(12-20-15)18-22-16(2,3)17(4,5)23-18/h10,12H,6-9H2,1-5H3. The Kier molecular flexibility index (Phi) is 5.33. The molecule has 0 N–H and O–H groups in total. The van der Waals surface area contributed by atoms with Gasteiger partial charge in [-0.2, -0.15) is 5.26 Å². The minimum atomic E-state index is -0.520. The summed E-state index contributed by atoms with van der Waals surface area (Å²) in [6.45, 7) is 10.7. The fraction of sp³-hybridized carbons (Fsp3) is 0.647. The number of nitriles is 1. The average molecular weight is 316 g/mol. The van der Waals surface area contributed by atoms with Gasteiger partial charge in [0.15, 0.2) is 0 Å². The van der Waals surface area contributed by atoms with Crippen molar-refractivity contribution in [2.24, 2.45) is 0 Å². The van der Waals surface area contributed by atoms with E-state index < -0.39 is 18.3 Å². The first-order chi connectivity index (χ1) is 10.8. The summed E-state index contributed by atoms with van der Waals surface area (Å²) in [6.07, 6.45) is 4.86. The molecule has 0 amide bonds. The maximum atomic E-state index is 9.34. The van der Waals surface area contributed by atoms with Crippen LogP contribution < -0.4 is 10.2 Å². The molecule has 0 unspecified atom stereocenters. The minimum Gasteiger partial charge on any atom is -0.477 e. The quantitative estimate of drug-likeness (QED) is 0.596. The molecule has 2 heterocycles. The summed E-state index contributed by atoms with van der Waals surface area (Å²) in [7, 11) is -0.520. The van der Waals surface area contributed by atoms with Crippen molar-refractivity contribution in [1.29, 1.82) is 5.26 Å². The van der Waals surface area contributed by atoms with Crippen molar-refractivity contribution in [2.45, 2.75) is 65.1 Å². The predicted molar refractivity (Wildman–Crippen MR) is 89.7 cm³/mol. The van der Waals surface area contributed by atoms with Crippen LogP contribution in [0.25, 0.3) is 0 Å². The third kappa shape index (κ3) is 3.85. The molecule has 5 nitrogen and oxygen atoms in total. The van der Waals surface area contributed by atoms with E-state index in [9.17, 15) is 5.26 Å². The van der Waals surface area contributed by atoms with Gasteiger partial charge in [0, 0.05) is 11.7 Å². The van der Waals surface area contributed by atoms with Gasteiger partial charge in [0.1, 0.15) is 11.6 Å². The van der Waals surface area contributed by atoms with Crippen LogP contribution in [0.15, 0.2) is 12.3 Å². The molecule has 0 aromatic carbocycles. The molecule has 0 saturated carbocycles. The molecule has 0 atom stereocenters. The lowest BCUT2D eigenvalue weighted by molar-refractivity contribution is 0.00578. The molecule has 0 aliphatic carbocycles. The Balaban J connectivity index is 2.12. The van der Waals surface area contributed by atoms with Crippen molar-refractivity contribution < 1.29 is 14.0 Å². The van der Waals surface area contributed by atoms with Crippen LogP contribution in [0.1, 0.15) is 59.4 Å². The lowest BCUT2D eigenvalue weighted by Crippen LogP contribution is -2.41. The van der Waals surface area contributed by atoms with E-state index >= 15 is 0 Å². The molecule has 0 spiro atoms. The molecule has 124 valence electrons. The van der Waals surface area contributed by atoms with Crippen LogP contribution in [0.5, 0.6) is 5.88 Å². The second kappa shape index (κ2) is 6.90. The Bertz CT molecular complexity index is 580. The van der Waals surface area contributed by atoms with E-state index in [0.717, 1.165) is 24.7 Å². The molecule has 1 fully saturated rings. The Morgan fingerprint density at radius 1 is 1.22 bits per heavy atom. The third-order valence-corrected chi connectivity index (χ3v) is 4.50. The molecular formula is C17H25BN2O3. The maximum Gasteiger partial charge on any atom is 0.496 e. The lowest BCUT2D eigenvalue weighted by atomic mass is 9.80. The number of nitrogens with zero attached hydrogens (tertiary/aromatic N) is 2. The first-order valence-electron chi connectivity index (χ1n) is 8.19. The van der Waals surface area contributed by atoms with Gasteiger partial charge in [0.25, 0.3) is 0 Å². The van der Waals surface area contributed by atoms with E-state index in [0.29, 0.717) is 18.1 Å². The monoisotopic (exact) mass is 316 g/mol. The van der Waals surface area contributed by atoms with Crippen molar-refractivity contribution in [1.82, 2.24) is 4.98 Å². The van der Waals surface area contributed by atoms with Crippen molar-refractivity contribution >= 4 is 12.6 Å². The highest BCUT2D eigenvalue weighted by Crippen LogP contribution is 2.36. The molecule has 1 aromatic rings. The molecule has 1 aliphatic heterocycles. The van der Waals surface area contributed by atoms with E-state index in [2.05, 4.69) is 18.0 Å². The van der Waals surface area contributed by atoms with Crippen molar-refractivity contribution in [2.75, 3.05) is 6.61 Å². The SMILES string of the molecule is CCCCCOc1ncc(B2OC(C)(C)C(C)(C)O2)cc1C#N. The molecule has 23 heavy (non-hydrogen) atoms. The zero-order valence-corrected chi connectivity index (χ0v) is 14.7. The highest BCUT2D eigenvalue weighted by molar-refractivity contribution is 6.62. The van der Waals surface area contributed by atoms with E-state index in [1.807, 2.05) is 27.7 Å². The van der Waals surface area contributed by atoms with Gasteiger partial charge in [0.2, 0.25) is 5.88 Å². The number of ether oxygens (including phenoxy) is 1. The number of unbranched alkanes of at least 4 members (excludes halogenated alkanes) is 2. The second-order valence-electron chi connectivity index (χ2n) is 6.88. The maximum absolute atomic E-state index is 9.34. The van der Waals surface area contributed by atoms with Crippen molar-refractivity contribution in [3.05, 3.63) is 17.8 Å². The lowest BCUT2D eigenvalue weighted by Gasteiger charge is -2.32. The summed E-state index contributed by atoms with van der Waals surface area (Å²) in [5.74, 6) is 0.379. The topological polar surface area (TPSA) is 64.4 Å². The fourth-order valence-electron chi connectivity index (χ4n) is 2.29. The van der Waals surface area contributed by atoms with Crippen molar-refractivity contribution in [3.8, 4) is 11.9 Å². The minimum absolute atomic E-state index is 0.379. The van der Waals surface area contributed by atoms with Crippen LogP contribution in [0.4, 0.5) is 0 Å². The first-order valence-corrected chi connectivity index (χ1v) is 8.19. The van der Waals surface area contributed by atoms with Crippen molar-refractivity contribution in [3.63, 3.8) is 0 Å². The van der Waals surface area contributed by atoms with Gasteiger partial charge in [0.05, 0.1) is 17.8 Å². The number of hydrogen-bond donors (Lipinski definition) is 0. The summed E-state index contributed by atoms with van der Waals surface area (Å²) in [5, 5.41) is 9.34. The van der Waals surface area contributed by atoms with Gasteiger partial charge in [-0.15, -0.1) is 0 Å². The van der Waals surface area contributed by atoms with Crippen LogP contribution in [0.3, 0.4) is 0 Å². The Morgan fingerprint density at radius 3 is 2.43 bits per heavy atom. The summed E-state index contributed by atoms with van der Waals surface area (Å²) in [4.78, 5) is 4.28. The highest BCUT2D eigenvalue weighted by Gasteiger charge is 2.51. The van der Waals surface area contributed by atoms with Gasteiger partial charge < -0.3 is 14.0 Å². The smallest absolute Gasteiger partial charge is 0.477 e. The predicted octanol–water partition coefficient (Wildman–Crippen LogP) is 2.82. The van der Waals surface area contributed by atoms with Crippen LogP contribution in [-0.2, 0) is 9.31 Å². The molecule has 6 heteroatoms. The van der Waals surface area contributed by atoms with Gasteiger partial charge in [-0.1, -0.05) is 19.8 Å². The van der Waals surface area contributed by atoms with Crippen LogP contribution in [0.2, 0.25) is 0 Å². The Labute approximate surface area is 139 Å². The van der Waals surface area contributed by atoms with Crippen LogP contribution in [0, 0.1) is 11.3 Å². The molecule has 2 rings (SSSR count). The van der Waals surface area contributed by atoms with E-state index in [4.69, 9.17) is 14.0 Å². The van der Waals surface area contributed by atoms with E-state index in [1.165, 1.54) is 0 Å². The van der Waals surface area contributed by atoms with Gasteiger partial charge in [-0.05, 0) is 40.2 Å². The second-order valence-corrected chi connectivity index (χ2v) is 6.88. The Hall–Kier alpha value is -1.58. The van der Waals surface area contributed by atoms with Gasteiger partial charge >= 0.3 is 7.12 Å². The van der Waals surface area contributed by atoms with Crippen LogP contribution in [-0.4, -0.2) is 29.9 Å². The fourth-order valence-corrected chi connectivity index (χ4v) is 2.29. The summed E-state index contributed by atoms with van der Waals surface area (Å²) < 4.78 is 17.6. The molecule has 0 radical (unpaired) electrons. The third-order valence-electron chi connectivity index (χ3n) is 4.50. The van der Waals surface area contributed by atoms with Crippen LogP contribution >= 0.6 is 0 Å². The average Bonchev–Trinajstić information content (AvgIpc) is 2.72. The molecule has 1 saturated heterocycles. The zero-order chi connectivity index (χ0) is 17.1. The molecule has 0 bridgehead atoms. The van der Waals surface area contributed by atoms with E-state index in [-0.39, 0.29) is 0 Å². The summed E-state index contributed by atoms with van der Waals surface area (Å²) >= 11 is 0. The van der Waals surface area contributed by atoms with E-state index in [1.54, 1.807) is 12.3 Å². The summed E-state index contributed by atoms with van der Waals surface area (Å²) in [5.41, 5.74) is 0.314. The molecule has 1 aromatic heterocycles. The molecular weight excluding hydrogens is 291 g/mol. The Morgan fingerprint density at radius 2 is 1.87 bits per heavy atom.